The summed E-state index contributed by atoms with van der Waals surface area (Å²) in [6, 6.07) is 21.0. The van der Waals surface area contributed by atoms with Crippen molar-refractivity contribution < 1.29 is 9.59 Å². The van der Waals surface area contributed by atoms with Crippen molar-refractivity contribution >= 4 is 46.2 Å². The summed E-state index contributed by atoms with van der Waals surface area (Å²) in [5, 5.41) is 0.621. The summed E-state index contributed by atoms with van der Waals surface area (Å²) in [7, 11) is 3.96. The van der Waals surface area contributed by atoms with E-state index in [4.69, 9.17) is 11.6 Å². The summed E-state index contributed by atoms with van der Waals surface area (Å²) in [6.45, 7) is 9.62. The lowest BCUT2D eigenvalue weighted by Gasteiger charge is -2.44. The highest BCUT2D eigenvalue weighted by atomic mass is 35.5. The van der Waals surface area contributed by atoms with Gasteiger partial charge < -0.3 is 19.6 Å². The Morgan fingerprint density at radius 1 is 0.895 bits per heavy atom. The maximum absolute atomic E-state index is 14.0. The zero-order chi connectivity index (χ0) is 27.6. The number of anilines is 4. The highest BCUT2D eigenvalue weighted by Crippen LogP contribution is 2.44. The first-order valence-electron chi connectivity index (χ1n) is 13.2. The maximum Gasteiger partial charge on any atom is 0.258 e. The number of hydrogen-bond donors (Lipinski definition) is 0. The molecule has 0 aliphatic carbocycles. The van der Waals surface area contributed by atoms with Crippen LogP contribution in [0.25, 0.3) is 0 Å². The standard InChI is InChI=1S/C31H37ClN4O2/c1-7-34(8-2)27-17-18-28-29(36(22(4)37)26-15-11-24(32)12-16-26)19-21(3)35(30(28)20-27)31(38)23-9-13-25(14-10-23)33(5)6/h9-18,20-21,29H,7-8,19H2,1-6H3/t21-,29+/m0/s1. The molecule has 0 saturated carbocycles. The van der Waals surface area contributed by atoms with Crippen molar-refractivity contribution in [2.75, 3.05) is 46.8 Å². The number of benzene rings is 3. The third kappa shape index (κ3) is 5.37. The Balaban J connectivity index is 1.84. The molecule has 0 unspecified atom stereocenters. The molecular formula is C31H37ClN4O2. The van der Waals surface area contributed by atoms with E-state index in [1.54, 1.807) is 19.1 Å². The Bertz CT molecular complexity index is 1290. The van der Waals surface area contributed by atoms with Crippen molar-refractivity contribution in [1.82, 2.24) is 0 Å². The zero-order valence-electron chi connectivity index (χ0n) is 23.1. The van der Waals surface area contributed by atoms with Crippen LogP contribution in [-0.4, -0.2) is 45.0 Å². The molecule has 0 saturated heterocycles. The van der Waals surface area contributed by atoms with E-state index in [0.29, 0.717) is 17.0 Å². The predicted molar refractivity (Wildman–Crippen MR) is 159 cm³/mol. The van der Waals surface area contributed by atoms with Gasteiger partial charge in [0.1, 0.15) is 0 Å². The number of hydrogen-bond acceptors (Lipinski definition) is 4. The Morgan fingerprint density at radius 2 is 1.47 bits per heavy atom. The van der Waals surface area contributed by atoms with Gasteiger partial charge in [-0.15, -0.1) is 0 Å². The number of nitrogens with zero attached hydrogens (tertiary/aromatic N) is 4. The number of amides is 2. The highest BCUT2D eigenvalue weighted by Gasteiger charge is 2.38. The molecule has 0 N–H and O–H groups in total. The van der Waals surface area contributed by atoms with E-state index in [1.807, 2.05) is 65.2 Å². The molecule has 1 aliphatic rings. The van der Waals surface area contributed by atoms with Gasteiger partial charge in [0, 0.05) is 67.8 Å². The number of carbonyl (C=O) groups is 2. The predicted octanol–water partition coefficient (Wildman–Crippen LogP) is 6.79. The minimum absolute atomic E-state index is 0.0416. The van der Waals surface area contributed by atoms with Crippen molar-refractivity contribution in [1.29, 1.82) is 0 Å². The summed E-state index contributed by atoms with van der Waals surface area (Å²) in [5.74, 6) is -0.0950. The molecule has 3 aromatic carbocycles. The van der Waals surface area contributed by atoms with Crippen LogP contribution in [0, 0.1) is 0 Å². The van der Waals surface area contributed by atoms with Gasteiger partial charge in [0.2, 0.25) is 5.91 Å². The van der Waals surface area contributed by atoms with E-state index < -0.39 is 0 Å². The molecule has 0 spiro atoms. The topological polar surface area (TPSA) is 47.1 Å². The first-order valence-corrected chi connectivity index (χ1v) is 13.6. The SMILES string of the molecule is CCN(CC)c1ccc2c(c1)N(C(=O)c1ccc(N(C)C)cc1)[C@@H](C)C[C@H]2N(C(C)=O)c1ccc(Cl)cc1. The van der Waals surface area contributed by atoms with E-state index in [2.05, 4.69) is 43.9 Å². The Labute approximate surface area is 231 Å². The van der Waals surface area contributed by atoms with Gasteiger partial charge in [-0.2, -0.15) is 0 Å². The number of carbonyl (C=O) groups excluding carboxylic acids is 2. The average Bonchev–Trinajstić information content (AvgIpc) is 2.90. The molecule has 7 heteroatoms. The van der Waals surface area contributed by atoms with Gasteiger partial charge >= 0.3 is 0 Å². The lowest BCUT2D eigenvalue weighted by molar-refractivity contribution is -0.117. The Morgan fingerprint density at radius 3 is 2.03 bits per heavy atom. The smallest absolute Gasteiger partial charge is 0.258 e. The Hall–Kier alpha value is -3.51. The molecule has 200 valence electrons. The van der Waals surface area contributed by atoms with Gasteiger partial charge in [0.05, 0.1) is 11.7 Å². The molecule has 6 nitrogen and oxygen atoms in total. The number of fused-ring (bicyclic) bond motifs is 1. The van der Waals surface area contributed by atoms with Crippen molar-refractivity contribution in [3.05, 3.63) is 82.9 Å². The van der Waals surface area contributed by atoms with Gasteiger partial charge in [-0.1, -0.05) is 17.7 Å². The largest absolute Gasteiger partial charge is 0.378 e. The molecule has 1 heterocycles. The fourth-order valence-corrected chi connectivity index (χ4v) is 5.51. The molecule has 2 amide bonds. The second-order valence-electron chi connectivity index (χ2n) is 10.00. The van der Waals surface area contributed by atoms with Crippen molar-refractivity contribution in [2.45, 2.75) is 46.2 Å². The van der Waals surface area contributed by atoms with E-state index in [-0.39, 0.29) is 23.9 Å². The van der Waals surface area contributed by atoms with E-state index in [9.17, 15) is 9.59 Å². The van der Waals surface area contributed by atoms with E-state index in [1.165, 1.54) is 0 Å². The summed E-state index contributed by atoms with van der Waals surface area (Å²) >= 11 is 6.14. The summed E-state index contributed by atoms with van der Waals surface area (Å²) in [6.07, 6.45) is 0.612. The fraction of sp³-hybridized carbons (Fsp3) is 0.355. The number of halogens is 1. The lowest BCUT2D eigenvalue weighted by atomic mass is 9.89. The summed E-state index contributed by atoms with van der Waals surface area (Å²) in [4.78, 5) is 35.1. The normalized spacial score (nSPS) is 16.6. The number of rotatable bonds is 7. The average molecular weight is 533 g/mol. The Kier molecular flexibility index (Phi) is 8.32. The highest BCUT2D eigenvalue weighted by molar-refractivity contribution is 6.30. The minimum Gasteiger partial charge on any atom is -0.378 e. The third-order valence-corrected chi connectivity index (χ3v) is 7.62. The lowest BCUT2D eigenvalue weighted by Crippen LogP contribution is -2.47. The van der Waals surface area contributed by atoms with Crippen LogP contribution in [0.3, 0.4) is 0 Å². The molecule has 4 rings (SSSR count). The second-order valence-corrected chi connectivity index (χ2v) is 10.4. The molecule has 2 atom stereocenters. The monoisotopic (exact) mass is 532 g/mol. The zero-order valence-corrected chi connectivity index (χ0v) is 23.9. The van der Waals surface area contributed by atoms with Crippen LogP contribution < -0.4 is 19.6 Å². The van der Waals surface area contributed by atoms with Gasteiger partial charge in [-0.3, -0.25) is 9.59 Å². The minimum atomic E-state index is -0.218. The van der Waals surface area contributed by atoms with E-state index >= 15 is 0 Å². The van der Waals surface area contributed by atoms with E-state index in [0.717, 1.165) is 41.4 Å². The maximum atomic E-state index is 14.0. The molecule has 0 bridgehead atoms. The van der Waals surface area contributed by atoms with Crippen LogP contribution in [0.1, 0.15) is 56.1 Å². The fourth-order valence-electron chi connectivity index (χ4n) is 5.38. The molecule has 38 heavy (non-hydrogen) atoms. The first kappa shape index (κ1) is 27.5. The van der Waals surface area contributed by atoms with Gasteiger partial charge in [0.15, 0.2) is 0 Å². The van der Waals surface area contributed by atoms with Crippen molar-refractivity contribution in [3.63, 3.8) is 0 Å². The summed E-state index contributed by atoms with van der Waals surface area (Å²) in [5.41, 5.74) is 5.33. The van der Waals surface area contributed by atoms with Crippen LogP contribution in [0.2, 0.25) is 5.02 Å². The third-order valence-electron chi connectivity index (χ3n) is 7.37. The summed E-state index contributed by atoms with van der Waals surface area (Å²) < 4.78 is 0. The van der Waals surface area contributed by atoms with Crippen LogP contribution in [0.5, 0.6) is 0 Å². The quantitative estimate of drug-likeness (QED) is 0.336. The van der Waals surface area contributed by atoms with Crippen LogP contribution in [-0.2, 0) is 4.79 Å². The first-order chi connectivity index (χ1) is 18.2. The van der Waals surface area contributed by atoms with Crippen molar-refractivity contribution in [3.8, 4) is 0 Å². The van der Waals surface area contributed by atoms with Crippen LogP contribution >= 0.6 is 11.6 Å². The second kappa shape index (κ2) is 11.5. The van der Waals surface area contributed by atoms with Gasteiger partial charge in [0.25, 0.3) is 5.91 Å². The molecular weight excluding hydrogens is 496 g/mol. The molecule has 0 fully saturated rings. The van der Waals surface area contributed by atoms with Crippen LogP contribution in [0.4, 0.5) is 22.7 Å². The molecule has 0 aromatic heterocycles. The van der Waals surface area contributed by atoms with Crippen LogP contribution in [0.15, 0.2) is 66.7 Å². The van der Waals surface area contributed by atoms with Crippen molar-refractivity contribution in [2.24, 2.45) is 0 Å². The molecule has 0 radical (unpaired) electrons. The van der Waals surface area contributed by atoms with Gasteiger partial charge in [-0.05, 0) is 93.4 Å². The molecule has 3 aromatic rings. The van der Waals surface area contributed by atoms with Gasteiger partial charge in [-0.25, -0.2) is 0 Å². The molecule has 1 aliphatic heterocycles.